The Morgan fingerprint density at radius 2 is 1.76 bits per heavy atom. The van der Waals surface area contributed by atoms with Gasteiger partial charge in [-0.25, -0.2) is 0 Å². The molecule has 2 aromatic rings. The number of halogens is 3. The Hall–Kier alpha value is -2.15. The standard InChI is InChI=1S/C18H18BrF2NO3/c19-14-7-2-4-9-16(14)24-11-5-10-17(23)22-12-13-6-1-3-8-15(13)25-18(20)21/h1-4,6-9,18H,5,10-12H2,(H,22,23). The van der Waals surface area contributed by atoms with E-state index < -0.39 is 6.61 Å². The average Bonchev–Trinajstić information content (AvgIpc) is 2.59. The van der Waals surface area contributed by atoms with Gasteiger partial charge in [0.1, 0.15) is 11.5 Å². The number of ether oxygens (including phenoxy) is 2. The molecule has 1 amide bonds. The Morgan fingerprint density at radius 3 is 2.48 bits per heavy atom. The number of alkyl halides is 2. The summed E-state index contributed by atoms with van der Waals surface area (Å²) in [5.41, 5.74) is 0.501. The van der Waals surface area contributed by atoms with Crippen molar-refractivity contribution in [1.82, 2.24) is 5.32 Å². The van der Waals surface area contributed by atoms with Gasteiger partial charge in [0.25, 0.3) is 0 Å². The van der Waals surface area contributed by atoms with Crippen molar-refractivity contribution in [3.8, 4) is 11.5 Å². The summed E-state index contributed by atoms with van der Waals surface area (Å²) < 4.78 is 35.6. The van der Waals surface area contributed by atoms with Crippen LogP contribution in [0.3, 0.4) is 0 Å². The molecule has 134 valence electrons. The number of carbonyl (C=O) groups excluding carboxylic acids is 1. The van der Waals surface area contributed by atoms with Crippen molar-refractivity contribution in [2.24, 2.45) is 0 Å². The largest absolute Gasteiger partial charge is 0.492 e. The van der Waals surface area contributed by atoms with Gasteiger partial charge in [-0.1, -0.05) is 30.3 Å². The van der Waals surface area contributed by atoms with E-state index in [1.165, 1.54) is 6.07 Å². The van der Waals surface area contributed by atoms with Crippen LogP contribution in [0.2, 0.25) is 0 Å². The van der Waals surface area contributed by atoms with Crippen LogP contribution < -0.4 is 14.8 Å². The third-order valence-electron chi connectivity index (χ3n) is 3.31. The fraction of sp³-hybridized carbons (Fsp3) is 0.278. The third-order valence-corrected chi connectivity index (χ3v) is 3.96. The van der Waals surface area contributed by atoms with Crippen LogP contribution in [-0.4, -0.2) is 19.1 Å². The molecule has 1 N–H and O–H groups in total. The van der Waals surface area contributed by atoms with Crippen molar-refractivity contribution in [3.05, 3.63) is 58.6 Å². The lowest BCUT2D eigenvalue weighted by molar-refractivity contribution is -0.121. The van der Waals surface area contributed by atoms with E-state index in [1.807, 2.05) is 24.3 Å². The van der Waals surface area contributed by atoms with Gasteiger partial charge in [0.15, 0.2) is 0 Å². The molecule has 0 heterocycles. The maximum Gasteiger partial charge on any atom is 0.387 e. The lowest BCUT2D eigenvalue weighted by Crippen LogP contribution is -2.23. The lowest BCUT2D eigenvalue weighted by atomic mass is 10.2. The molecule has 0 bridgehead atoms. The van der Waals surface area contributed by atoms with E-state index in [0.29, 0.717) is 18.6 Å². The van der Waals surface area contributed by atoms with Gasteiger partial charge in [-0.05, 0) is 40.5 Å². The van der Waals surface area contributed by atoms with Gasteiger partial charge < -0.3 is 14.8 Å². The second-order valence-electron chi connectivity index (χ2n) is 5.15. The zero-order valence-corrected chi connectivity index (χ0v) is 15.0. The molecule has 0 aromatic heterocycles. The van der Waals surface area contributed by atoms with Crippen molar-refractivity contribution in [2.45, 2.75) is 26.0 Å². The summed E-state index contributed by atoms with van der Waals surface area (Å²) in [6.45, 7) is -2.36. The fourth-order valence-electron chi connectivity index (χ4n) is 2.12. The number of carbonyl (C=O) groups is 1. The summed E-state index contributed by atoms with van der Waals surface area (Å²) in [5.74, 6) is 0.610. The van der Waals surface area contributed by atoms with Gasteiger partial charge in [0.05, 0.1) is 11.1 Å². The molecule has 0 atom stereocenters. The van der Waals surface area contributed by atoms with Gasteiger partial charge in [-0.3, -0.25) is 4.79 Å². The molecule has 25 heavy (non-hydrogen) atoms. The molecule has 0 saturated heterocycles. The van der Waals surface area contributed by atoms with E-state index in [-0.39, 0.29) is 24.6 Å². The monoisotopic (exact) mass is 413 g/mol. The van der Waals surface area contributed by atoms with E-state index in [9.17, 15) is 13.6 Å². The highest BCUT2D eigenvalue weighted by Crippen LogP contribution is 2.24. The van der Waals surface area contributed by atoms with Crippen LogP contribution in [0, 0.1) is 0 Å². The predicted octanol–water partition coefficient (Wildman–Crippen LogP) is 4.53. The number of hydrogen-bond acceptors (Lipinski definition) is 3. The van der Waals surface area contributed by atoms with Crippen molar-refractivity contribution >= 4 is 21.8 Å². The normalized spacial score (nSPS) is 10.6. The van der Waals surface area contributed by atoms with E-state index >= 15 is 0 Å². The van der Waals surface area contributed by atoms with E-state index in [1.54, 1.807) is 18.2 Å². The smallest absolute Gasteiger partial charge is 0.387 e. The van der Waals surface area contributed by atoms with Gasteiger partial charge >= 0.3 is 6.61 Å². The highest BCUT2D eigenvalue weighted by Gasteiger charge is 2.10. The number of rotatable bonds is 9. The second-order valence-corrected chi connectivity index (χ2v) is 6.00. The Balaban J connectivity index is 1.72. The first kappa shape index (κ1) is 19.2. The Labute approximate surface area is 153 Å². The first-order valence-corrected chi connectivity index (χ1v) is 8.52. The molecule has 0 aliphatic heterocycles. The molecular formula is C18H18BrF2NO3. The van der Waals surface area contributed by atoms with Gasteiger partial charge in [-0.15, -0.1) is 0 Å². The van der Waals surface area contributed by atoms with Crippen LogP contribution in [0.25, 0.3) is 0 Å². The van der Waals surface area contributed by atoms with Crippen LogP contribution >= 0.6 is 15.9 Å². The fourth-order valence-corrected chi connectivity index (χ4v) is 2.52. The Bertz CT molecular complexity index is 698. The van der Waals surface area contributed by atoms with Crippen LogP contribution in [0.15, 0.2) is 53.0 Å². The molecule has 0 unspecified atom stereocenters. The maximum atomic E-state index is 12.3. The second kappa shape index (κ2) is 9.98. The average molecular weight is 414 g/mol. The number of nitrogens with one attached hydrogen (secondary N) is 1. The minimum atomic E-state index is -2.90. The topological polar surface area (TPSA) is 47.6 Å². The highest BCUT2D eigenvalue weighted by molar-refractivity contribution is 9.10. The Kier molecular flexibility index (Phi) is 7.66. The quantitative estimate of drug-likeness (QED) is 0.614. The molecule has 0 fully saturated rings. The maximum absolute atomic E-state index is 12.3. The summed E-state index contributed by atoms with van der Waals surface area (Å²) in [6.07, 6.45) is 0.824. The lowest BCUT2D eigenvalue weighted by Gasteiger charge is -2.11. The summed E-state index contributed by atoms with van der Waals surface area (Å²) in [7, 11) is 0. The molecule has 4 nitrogen and oxygen atoms in total. The van der Waals surface area contributed by atoms with Crippen LogP contribution in [0.1, 0.15) is 18.4 Å². The van der Waals surface area contributed by atoms with Crippen LogP contribution in [-0.2, 0) is 11.3 Å². The predicted molar refractivity (Wildman–Crippen MR) is 93.8 cm³/mol. The zero-order chi connectivity index (χ0) is 18.1. The molecular weight excluding hydrogens is 396 g/mol. The van der Waals surface area contributed by atoms with Crippen molar-refractivity contribution in [1.29, 1.82) is 0 Å². The van der Waals surface area contributed by atoms with Crippen LogP contribution in [0.4, 0.5) is 8.78 Å². The molecule has 2 rings (SSSR count). The number of benzene rings is 2. The molecule has 0 spiro atoms. The molecule has 2 aromatic carbocycles. The van der Waals surface area contributed by atoms with Crippen molar-refractivity contribution < 1.29 is 23.0 Å². The Morgan fingerprint density at radius 1 is 1.08 bits per heavy atom. The summed E-state index contributed by atoms with van der Waals surface area (Å²) in [5, 5.41) is 2.69. The minimum Gasteiger partial charge on any atom is -0.492 e. The first-order valence-electron chi connectivity index (χ1n) is 7.73. The zero-order valence-electron chi connectivity index (χ0n) is 13.4. The molecule has 7 heteroatoms. The van der Waals surface area contributed by atoms with Gasteiger partial charge in [0, 0.05) is 18.5 Å². The van der Waals surface area contributed by atoms with Gasteiger partial charge in [0.2, 0.25) is 5.91 Å². The molecule has 0 aliphatic rings. The first-order chi connectivity index (χ1) is 12.1. The van der Waals surface area contributed by atoms with E-state index in [0.717, 1.165) is 10.2 Å². The number of hydrogen-bond donors (Lipinski definition) is 1. The van der Waals surface area contributed by atoms with Crippen molar-refractivity contribution in [3.63, 3.8) is 0 Å². The SMILES string of the molecule is O=C(CCCOc1ccccc1Br)NCc1ccccc1OC(F)F. The molecule has 0 aliphatic carbocycles. The number of para-hydroxylation sites is 2. The number of amides is 1. The van der Waals surface area contributed by atoms with E-state index in [4.69, 9.17) is 4.74 Å². The summed E-state index contributed by atoms with van der Waals surface area (Å²) in [4.78, 5) is 11.9. The van der Waals surface area contributed by atoms with E-state index in [2.05, 4.69) is 26.0 Å². The van der Waals surface area contributed by atoms with Crippen LogP contribution in [0.5, 0.6) is 11.5 Å². The highest BCUT2D eigenvalue weighted by atomic mass is 79.9. The minimum absolute atomic E-state index is 0.0649. The third kappa shape index (κ3) is 6.70. The van der Waals surface area contributed by atoms with Gasteiger partial charge in [-0.2, -0.15) is 8.78 Å². The summed E-state index contributed by atoms with van der Waals surface area (Å²) >= 11 is 3.38. The summed E-state index contributed by atoms with van der Waals surface area (Å²) in [6, 6.07) is 13.8. The van der Waals surface area contributed by atoms with Crippen molar-refractivity contribution in [2.75, 3.05) is 6.61 Å². The molecule has 0 radical (unpaired) electrons. The molecule has 0 saturated carbocycles.